The molecule has 0 saturated carbocycles. The molecule has 0 aromatic heterocycles. The summed E-state index contributed by atoms with van der Waals surface area (Å²) in [6.07, 6.45) is 5.30. The Kier molecular flexibility index (Phi) is 4.08. The number of benzene rings is 3. The maximum Gasteiger partial charge on any atom is 0.148 e. The van der Waals surface area contributed by atoms with Crippen LogP contribution in [0.5, 0.6) is 5.75 Å². The molecule has 27 heavy (non-hydrogen) atoms. The molecule has 0 saturated heterocycles. The molecule has 134 valence electrons. The molecule has 1 nitrogen and oxygen atoms in total. The summed E-state index contributed by atoms with van der Waals surface area (Å²) < 4.78 is 5.57. The Balaban J connectivity index is 1.94. The lowest BCUT2D eigenvalue weighted by Crippen LogP contribution is -2.39. The second kappa shape index (κ2) is 6.32. The van der Waals surface area contributed by atoms with Crippen LogP contribution in [-0.2, 0) is 10.8 Å². The predicted octanol–water partition coefficient (Wildman–Crippen LogP) is 5.69. The largest absolute Gasteiger partial charge is 0.481 e. The van der Waals surface area contributed by atoms with Crippen LogP contribution in [0.1, 0.15) is 48.6 Å². The van der Waals surface area contributed by atoms with Gasteiger partial charge in [-0.05, 0) is 46.9 Å². The van der Waals surface area contributed by atoms with Crippen molar-refractivity contribution in [3.8, 4) is 18.1 Å². The second-order valence-corrected chi connectivity index (χ2v) is 7.86. The zero-order valence-corrected chi connectivity index (χ0v) is 16.1. The second-order valence-electron chi connectivity index (χ2n) is 7.86. The normalized spacial score (nSPS) is 15.9. The summed E-state index contributed by atoms with van der Waals surface area (Å²) >= 11 is 0. The van der Waals surface area contributed by atoms with E-state index in [1.807, 2.05) is 12.1 Å². The van der Waals surface area contributed by atoms with Gasteiger partial charge in [0, 0.05) is 10.8 Å². The van der Waals surface area contributed by atoms with Crippen molar-refractivity contribution in [2.24, 2.45) is 0 Å². The molecule has 0 amide bonds. The van der Waals surface area contributed by atoms with Crippen molar-refractivity contribution in [1.29, 1.82) is 0 Å². The summed E-state index contributed by atoms with van der Waals surface area (Å²) in [5.74, 6) is 3.32. The van der Waals surface area contributed by atoms with Crippen LogP contribution in [0.15, 0.2) is 72.8 Å². The molecular formula is C26H24O. The number of fused-ring (bicyclic) bond motifs is 2. The fourth-order valence-electron chi connectivity index (χ4n) is 4.54. The summed E-state index contributed by atoms with van der Waals surface area (Å²) in [5, 5.41) is 0. The van der Waals surface area contributed by atoms with E-state index in [1.54, 1.807) is 0 Å². The highest BCUT2D eigenvalue weighted by Gasteiger charge is 2.44. The molecule has 1 heteroatoms. The summed E-state index contributed by atoms with van der Waals surface area (Å²) in [7, 11) is 0. The van der Waals surface area contributed by atoms with Crippen LogP contribution in [0.2, 0.25) is 0 Å². The molecule has 4 rings (SSSR count). The Morgan fingerprint density at radius 1 is 0.741 bits per heavy atom. The quantitative estimate of drug-likeness (QED) is 0.550. The summed E-state index contributed by atoms with van der Waals surface area (Å²) in [6, 6.07) is 26.0. The van der Waals surface area contributed by atoms with Gasteiger partial charge >= 0.3 is 0 Å². The van der Waals surface area contributed by atoms with Gasteiger partial charge in [0.1, 0.15) is 12.4 Å². The summed E-state index contributed by atoms with van der Waals surface area (Å²) in [4.78, 5) is 0. The van der Waals surface area contributed by atoms with Crippen molar-refractivity contribution in [2.75, 3.05) is 6.61 Å². The van der Waals surface area contributed by atoms with Crippen molar-refractivity contribution < 1.29 is 4.74 Å². The zero-order chi connectivity index (χ0) is 19.1. The standard InChI is InChI=1S/C26H24O/c1-5-18-27-20-16-14-19(15-17-20)26(4)23-12-8-6-10-21(23)25(2,3)22-11-7-9-13-24(22)26/h1,6-17H,18H2,2-4H3. The van der Waals surface area contributed by atoms with Gasteiger partial charge < -0.3 is 4.74 Å². The predicted molar refractivity (Wildman–Crippen MR) is 111 cm³/mol. The molecule has 3 aromatic rings. The van der Waals surface area contributed by atoms with Crippen molar-refractivity contribution in [3.05, 3.63) is 101 Å². The maximum atomic E-state index is 5.57. The van der Waals surface area contributed by atoms with E-state index in [0.717, 1.165) is 5.75 Å². The minimum absolute atomic E-state index is 0.0253. The van der Waals surface area contributed by atoms with Crippen LogP contribution in [0, 0.1) is 12.3 Å². The highest BCUT2D eigenvalue weighted by atomic mass is 16.5. The molecule has 1 aliphatic rings. The molecular weight excluding hydrogens is 328 g/mol. The number of hydrogen-bond acceptors (Lipinski definition) is 1. The van der Waals surface area contributed by atoms with E-state index >= 15 is 0 Å². The topological polar surface area (TPSA) is 9.23 Å². The molecule has 0 spiro atoms. The van der Waals surface area contributed by atoms with Gasteiger partial charge in [0.15, 0.2) is 0 Å². The average molecular weight is 352 g/mol. The first kappa shape index (κ1) is 17.4. The third kappa shape index (κ3) is 2.56. The Labute approximate surface area is 162 Å². The van der Waals surface area contributed by atoms with E-state index in [0.29, 0.717) is 0 Å². The van der Waals surface area contributed by atoms with E-state index < -0.39 is 0 Å². The van der Waals surface area contributed by atoms with Crippen LogP contribution < -0.4 is 4.74 Å². The fraction of sp³-hybridized carbons (Fsp3) is 0.231. The van der Waals surface area contributed by atoms with Crippen molar-refractivity contribution in [3.63, 3.8) is 0 Å². The maximum absolute atomic E-state index is 5.57. The third-order valence-corrected chi connectivity index (χ3v) is 6.03. The van der Waals surface area contributed by atoms with E-state index in [2.05, 4.69) is 87.4 Å². The van der Waals surface area contributed by atoms with Crippen LogP contribution in [0.3, 0.4) is 0 Å². The fourth-order valence-corrected chi connectivity index (χ4v) is 4.54. The Morgan fingerprint density at radius 2 is 1.22 bits per heavy atom. The molecule has 0 N–H and O–H groups in total. The zero-order valence-electron chi connectivity index (χ0n) is 16.1. The van der Waals surface area contributed by atoms with E-state index in [1.165, 1.54) is 27.8 Å². The molecule has 0 bridgehead atoms. The molecule has 0 fully saturated rings. The minimum atomic E-state index is -0.215. The van der Waals surface area contributed by atoms with Crippen LogP contribution >= 0.6 is 0 Å². The lowest BCUT2D eigenvalue weighted by molar-refractivity contribution is 0.370. The first-order valence-corrected chi connectivity index (χ1v) is 9.36. The van der Waals surface area contributed by atoms with Crippen LogP contribution in [0.4, 0.5) is 0 Å². The first-order chi connectivity index (χ1) is 13.0. The molecule has 1 aliphatic carbocycles. The Morgan fingerprint density at radius 3 is 1.70 bits per heavy atom. The van der Waals surface area contributed by atoms with Crippen LogP contribution in [-0.4, -0.2) is 6.61 Å². The van der Waals surface area contributed by atoms with Gasteiger partial charge in [-0.1, -0.05) is 80.4 Å². The van der Waals surface area contributed by atoms with Gasteiger partial charge in [-0.2, -0.15) is 0 Å². The number of terminal acetylenes is 1. The monoisotopic (exact) mass is 352 g/mol. The van der Waals surface area contributed by atoms with Gasteiger partial charge in [-0.25, -0.2) is 0 Å². The van der Waals surface area contributed by atoms with E-state index in [-0.39, 0.29) is 17.4 Å². The Hall–Kier alpha value is -2.98. The lowest BCUT2D eigenvalue weighted by atomic mass is 9.57. The van der Waals surface area contributed by atoms with E-state index in [4.69, 9.17) is 11.2 Å². The first-order valence-electron chi connectivity index (χ1n) is 9.36. The van der Waals surface area contributed by atoms with Crippen molar-refractivity contribution in [2.45, 2.75) is 31.6 Å². The van der Waals surface area contributed by atoms with Gasteiger partial charge in [-0.15, -0.1) is 6.42 Å². The number of rotatable bonds is 3. The smallest absolute Gasteiger partial charge is 0.148 e. The van der Waals surface area contributed by atoms with Crippen molar-refractivity contribution in [1.82, 2.24) is 0 Å². The average Bonchev–Trinajstić information content (AvgIpc) is 2.71. The molecule has 0 atom stereocenters. The van der Waals surface area contributed by atoms with Crippen LogP contribution in [0.25, 0.3) is 0 Å². The Bertz CT molecular complexity index is 969. The summed E-state index contributed by atoms with van der Waals surface area (Å²) in [6.45, 7) is 7.26. The molecule has 0 radical (unpaired) electrons. The van der Waals surface area contributed by atoms with Gasteiger partial charge in [0.25, 0.3) is 0 Å². The van der Waals surface area contributed by atoms with E-state index in [9.17, 15) is 0 Å². The van der Waals surface area contributed by atoms with Gasteiger partial charge in [0.05, 0.1) is 0 Å². The molecule has 3 aromatic carbocycles. The minimum Gasteiger partial charge on any atom is -0.481 e. The molecule has 0 heterocycles. The van der Waals surface area contributed by atoms with Crippen molar-refractivity contribution >= 4 is 0 Å². The lowest BCUT2D eigenvalue weighted by Gasteiger charge is -2.45. The summed E-state index contributed by atoms with van der Waals surface area (Å²) in [5.41, 5.74) is 6.52. The molecule has 0 unspecified atom stereocenters. The van der Waals surface area contributed by atoms with Gasteiger partial charge in [-0.3, -0.25) is 0 Å². The SMILES string of the molecule is C#CCOc1ccc(C2(C)c3ccccc3C(C)(C)c3ccccc32)cc1. The highest BCUT2D eigenvalue weighted by Crippen LogP contribution is 2.52. The third-order valence-electron chi connectivity index (χ3n) is 6.03. The van der Waals surface area contributed by atoms with Gasteiger partial charge in [0.2, 0.25) is 0 Å². The number of hydrogen-bond donors (Lipinski definition) is 0. The highest BCUT2D eigenvalue weighted by molar-refractivity contribution is 5.63. The molecule has 0 aliphatic heterocycles. The number of ether oxygens (including phenoxy) is 1.